The average molecular weight is 875 g/mol. The fraction of sp³-hybridized carbons (Fsp3) is 0.667. The lowest BCUT2D eigenvalue weighted by molar-refractivity contribution is -0.167. The first-order chi connectivity index (χ1) is 31.0. The Labute approximate surface area is 387 Å². The van der Waals surface area contributed by atoms with E-state index in [1.165, 1.54) is 64.2 Å². The molecule has 0 spiro atoms. The van der Waals surface area contributed by atoms with Crippen molar-refractivity contribution < 1.29 is 28.6 Å². The maximum Gasteiger partial charge on any atom is 0.306 e. The number of ether oxygens (including phenoxy) is 3. The maximum atomic E-state index is 12.8. The predicted octanol–water partition coefficient (Wildman–Crippen LogP) is 17.0. The number of hydrogen-bond donors (Lipinski definition) is 0. The van der Waals surface area contributed by atoms with Gasteiger partial charge in [-0.05, 0) is 116 Å². The molecule has 0 aromatic heterocycles. The Morgan fingerprint density at radius 2 is 0.635 bits per heavy atom. The Bertz CT molecular complexity index is 1280. The third-order valence-electron chi connectivity index (χ3n) is 10.5. The minimum absolute atomic E-state index is 0.104. The van der Waals surface area contributed by atoms with Gasteiger partial charge in [0.25, 0.3) is 0 Å². The zero-order chi connectivity index (χ0) is 45.8. The quantitative estimate of drug-likeness (QED) is 0.0262. The second-order valence-corrected chi connectivity index (χ2v) is 16.7. The summed E-state index contributed by atoms with van der Waals surface area (Å²) < 4.78 is 16.7. The van der Waals surface area contributed by atoms with E-state index in [-0.39, 0.29) is 37.5 Å². The number of carbonyl (C=O) groups excluding carboxylic acids is 3. The van der Waals surface area contributed by atoms with Crippen molar-refractivity contribution in [1.82, 2.24) is 0 Å². The summed E-state index contributed by atoms with van der Waals surface area (Å²) in [6.07, 6.45) is 66.8. The Morgan fingerprint density at radius 1 is 0.333 bits per heavy atom. The van der Waals surface area contributed by atoms with Gasteiger partial charge in [0.05, 0.1) is 0 Å². The van der Waals surface area contributed by atoms with Gasteiger partial charge in [-0.3, -0.25) is 14.4 Å². The Morgan fingerprint density at radius 3 is 1.06 bits per heavy atom. The normalized spacial score (nSPS) is 12.9. The minimum Gasteiger partial charge on any atom is -0.462 e. The van der Waals surface area contributed by atoms with Gasteiger partial charge in [-0.15, -0.1) is 0 Å². The fourth-order valence-electron chi connectivity index (χ4n) is 6.65. The zero-order valence-corrected chi connectivity index (χ0v) is 40.8. The molecule has 0 radical (unpaired) electrons. The Hall–Kier alpha value is -3.67. The van der Waals surface area contributed by atoms with Gasteiger partial charge in [0.15, 0.2) is 6.10 Å². The first kappa shape index (κ1) is 59.3. The molecule has 0 saturated carbocycles. The van der Waals surface area contributed by atoms with Crippen LogP contribution in [0, 0.1) is 0 Å². The van der Waals surface area contributed by atoms with Crippen LogP contribution in [0.4, 0.5) is 0 Å². The highest BCUT2D eigenvalue weighted by molar-refractivity contribution is 5.71. The fourth-order valence-corrected chi connectivity index (χ4v) is 6.65. The molecular weight excluding hydrogens is 781 g/mol. The van der Waals surface area contributed by atoms with Gasteiger partial charge in [0.1, 0.15) is 13.2 Å². The van der Waals surface area contributed by atoms with Gasteiger partial charge < -0.3 is 14.2 Å². The number of allylic oxidation sites excluding steroid dienone is 16. The average Bonchev–Trinajstić information content (AvgIpc) is 3.28. The zero-order valence-electron chi connectivity index (χ0n) is 40.8. The first-order valence-electron chi connectivity index (χ1n) is 25.7. The van der Waals surface area contributed by atoms with Gasteiger partial charge in [0.2, 0.25) is 0 Å². The van der Waals surface area contributed by atoms with Crippen molar-refractivity contribution in [3.05, 3.63) is 97.2 Å². The van der Waals surface area contributed by atoms with E-state index in [1.807, 2.05) is 0 Å². The van der Waals surface area contributed by atoms with E-state index in [0.717, 1.165) is 116 Å². The number of hydrogen-bond acceptors (Lipinski definition) is 6. The monoisotopic (exact) mass is 875 g/mol. The van der Waals surface area contributed by atoms with Crippen molar-refractivity contribution in [1.29, 1.82) is 0 Å². The molecule has 6 nitrogen and oxygen atoms in total. The summed E-state index contributed by atoms with van der Waals surface area (Å²) in [5.41, 5.74) is 0. The number of carbonyl (C=O) groups is 3. The molecule has 0 aliphatic heterocycles. The van der Waals surface area contributed by atoms with Crippen molar-refractivity contribution >= 4 is 17.9 Å². The van der Waals surface area contributed by atoms with Crippen LogP contribution in [0.1, 0.15) is 226 Å². The molecular formula is C57H94O6. The number of esters is 3. The van der Waals surface area contributed by atoms with Crippen molar-refractivity contribution in [3.63, 3.8) is 0 Å². The minimum atomic E-state index is -0.808. The molecule has 1 unspecified atom stereocenters. The van der Waals surface area contributed by atoms with E-state index < -0.39 is 6.10 Å². The Balaban J connectivity index is 4.46. The van der Waals surface area contributed by atoms with E-state index in [1.54, 1.807) is 0 Å². The van der Waals surface area contributed by atoms with Crippen molar-refractivity contribution in [3.8, 4) is 0 Å². The second kappa shape index (κ2) is 51.0. The van der Waals surface area contributed by atoms with E-state index >= 15 is 0 Å². The van der Waals surface area contributed by atoms with Crippen molar-refractivity contribution in [2.45, 2.75) is 232 Å². The largest absolute Gasteiger partial charge is 0.462 e. The standard InChI is InChI=1S/C57H94O6/c1-4-7-10-13-16-19-22-24-26-27-28-29-31-32-35-38-41-44-47-50-56(59)62-53-54(52-61-55(58)49-46-43-40-37-34-21-18-15-12-9-6-3)63-57(60)51-48-45-42-39-36-33-30-25-23-20-17-14-11-8-5-2/h8,11,15-20,24-26,28-30,36,39,54H,4-7,9-10,12-14,21-23,27,31-35,37-38,40-53H2,1-3H3/b11-8-,18-15-,19-16-,20-17-,26-24-,29-28-,30-25-,39-36-. The molecule has 358 valence electrons. The van der Waals surface area contributed by atoms with Gasteiger partial charge in [-0.25, -0.2) is 0 Å². The summed E-state index contributed by atoms with van der Waals surface area (Å²) in [5, 5.41) is 0. The van der Waals surface area contributed by atoms with Crippen LogP contribution in [-0.4, -0.2) is 37.2 Å². The van der Waals surface area contributed by atoms with Crippen molar-refractivity contribution in [2.24, 2.45) is 0 Å². The van der Waals surface area contributed by atoms with Crippen LogP contribution in [0.3, 0.4) is 0 Å². The highest BCUT2D eigenvalue weighted by Gasteiger charge is 2.19. The molecule has 0 fully saturated rings. The summed E-state index contributed by atoms with van der Waals surface area (Å²) in [6, 6.07) is 0. The first-order valence-corrected chi connectivity index (χ1v) is 25.7. The van der Waals surface area contributed by atoms with Gasteiger partial charge >= 0.3 is 17.9 Å². The van der Waals surface area contributed by atoms with Crippen LogP contribution in [0.25, 0.3) is 0 Å². The molecule has 0 amide bonds. The molecule has 0 N–H and O–H groups in total. The van der Waals surface area contributed by atoms with Gasteiger partial charge in [-0.2, -0.15) is 0 Å². The SMILES string of the molecule is CC/C=C\C/C=C\C/C=C\C/C=C\CCCCC(=O)OC(COC(=O)CCCCCCC/C=C\CCCC)COC(=O)CCCCCCCC/C=C\C/C=C\C/C=C\CCCCC. The molecule has 0 saturated heterocycles. The second-order valence-electron chi connectivity index (χ2n) is 16.7. The molecule has 6 heteroatoms. The summed E-state index contributed by atoms with van der Waals surface area (Å²) >= 11 is 0. The maximum absolute atomic E-state index is 12.8. The van der Waals surface area contributed by atoms with Gasteiger partial charge in [0, 0.05) is 19.3 Å². The number of rotatable bonds is 45. The van der Waals surface area contributed by atoms with E-state index in [0.29, 0.717) is 19.3 Å². The highest BCUT2D eigenvalue weighted by Crippen LogP contribution is 2.13. The lowest BCUT2D eigenvalue weighted by Gasteiger charge is -2.18. The third-order valence-corrected chi connectivity index (χ3v) is 10.5. The summed E-state index contributed by atoms with van der Waals surface area (Å²) in [4.78, 5) is 37.9. The van der Waals surface area contributed by atoms with E-state index in [4.69, 9.17) is 14.2 Å². The van der Waals surface area contributed by atoms with Crippen LogP contribution in [0.2, 0.25) is 0 Å². The lowest BCUT2D eigenvalue weighted by atomic mass is 10.1. The van der Waals surface area contributed by atoms with Crippen LogP contribution in [-0.2, 0) is 28.6 Å². The molecule has 0 aliphatic rings. The molecule has 0 aliphatic carbocycles. The Kier molecular flexibility index (Phi) is 48.0. The highest BCUT2D eigenvalue weighted by atomic mass is 16.6. The molecule has 0 heterocycles. The van der Waals surface area contributed by atoms with E-state index in [9.17, 15) is 14.4 Å². The molecule has 0 bridgehead atoms. The third kappa shape index (κ3) is 49.2. The molecule has 0 aromatic rings. The molecule has 0 aromatic carbocycles. The van der Waals surface area contributed by atoms with Crippen LogP contribution in [0.15, 0.2) is 97.2 Å². The van der Waals surface area contributed by atoms with Crippen LogP contribution in [0.5, 0.6) is 0 Å². The van der Waals surface area contributed by atoms with Gasteiger partial charge in [-0.1, -0.05) is 189 Å². The molecule has 63 heavy (non-hydrogen) atoms. The van der Waals surface area contributed by atoms with Crippen LogP contribution >= 0.6 is 0 Å². The molecule has 0 rings (SSSR count). The lowest BCUT2D eigenvalue weighted by Crippen LogP contribution is -2.30. The summed E-state index contributed by atoms with van der Waals surface area (Å²) in [5.74, 6) is -0.973. The predicted molar refractivity (Wildman–Crippen MR) is 270 cm³/mol. The molecule has 1 atom stereocenters. The summed E-state index contributed by atoms with van der Waals surface area (Å²) in [6.45, 7) is 6.39. The topological polar surface area (TPSA) is 78.9 Å². The van der Waals surface area contributed by atoms with E-state index in [2.05, 4.69) is 118 Å². The summed E-state index contributed by atoms with van der Waals surface area (Å²) in [7, 11) is 0. The number of unbranched alkanes of at least 4 members (excludes halogenated alkanes) is 18. The smallest absolute Gasteiger partial charge is 0.306 e. The van der Waals surface area contributed by atoms with Crippen molar-refractivity contribution in [2.75, 3.05) is 13.2 Å². The van der Waals surface area contributed by atoms with Crippen LogP contribution < -0.4 is 0 Å².